The van der Waals surface area contributed by atoms with Crippen molar-refractivity contribution in [1.82, 2.24) is 14.5 Å². The molecule has 1 heterocycles. The number of amides is 1. The van der Waals surface area contributed by atoms with Crippen LogP contribution in [-0.4, -0.2) is 27.6 Å². The lowest BCUT2D eigenvalue weighted by Crippen LogP contribution is -2.33. The fraction of sp³-hybridized carbons (Fsp3) is 0.222. The van der Waals surface area contributed by atoms with Gasteiger partial charge in [-0.3, -0.25) is 18.7 Å². The molecule has 7 nitrogen and oxygen atoms in total. The second-order valence-corrected chi connectivity index (χ2v) is 10.1. The van der Waals surface area contributed by atoms with Crippen LogP contribution in [0.5, 0.6) is 5.75 Å². The highest BCUT2D eigenvalue weighted by Gasteiger charge is 2.31. The van der Waals surface area contributed by atoms with Gasteiger partial charge in [-0.05, 0) is 49.2 Å². The standard InChI is InChI=1S/C27H22Cl3N3O4/c1-15(14-31-25(34)23-17(28)6-4-7-18(23)29)26(35)37-22-11-3-2-9-20(22)33-24-19(30)8-5-10-21(24)32(27(33)36)16-12-13-16/h2-11,15-16H,12-14H2,1H3,(H,31,34)/t15-/m0/s1. The maximum absolute atomic E-state index is 13.5. The zero-order chi connectivity index (χ0) is 26.3. The third kappa shape index (κ3) is 4.87. The van der Waals surface area contributed by atoms with Crippen LogP contribution in [0, 0.1) is 5.92 Å². The molecule has 0 spiro atoms. The summed E-state index contributed by atoms with van der Waals surface area (Å²) >= 11 is 18.7. The Labute approximate surface area is 227 Å². The second kappa shape index (κ2) is 10.2. The predicted octanol–water partition coefficient (Wildman–Crippen LogP) is 6.06. The molecule has 5 rings (SSSR count). The number of para-hydroxylation sites is 3. The maximum atomic E-state index is 13.5. The summed E-state index contributed by atoms with van der Waals surface area (Å²) in [5.74, 6) is -1.57. The van der Waals surface area contributed by atoms with E-state index in [1.807, 2.05) is 12.1 Å². The van der Waals surface area contributed by atoms with Crippen LogP contribution in [0.4, 0.5) is 0 Å². The van der Waals surface area contributed by atoms with Crippen LogP contribution in [-0.2, 0) is 4.79 Å². The molecule has 1 aliphatic carbocycles. The van der Waals surface area contributed by atoms with Crippen LogP contribution in [0.15, 0.2) is 65.5 Å². The number of hydrogen-bond donors (Lipinski definition) is 1. The van der Waals surface area contributed by atoms with E-state index in [2.05, 4.69) is 5.32 Å². The van der Waals surface area contributed by atoms with Gasteiger partial charge in [0.2, 0.25) is 0 Å². The van der Waals surface area contributed by atoms with Gasteiger partial charge in [0, 0.05) is 12.6 Å². The largest absolute Gasteiger partial charge is 0.424 e. The molecular formula is C27H22Cl3N3O4. The Morgan fingerprint density at radius 1 is 0.973 bits per heavy atom. The molecule has 10 heteroatoms. The van der Waals surface area contributed by atoms with E-state index < -0.39 is 17.8 Å². The van der Waals surface area contributed by atoms with E-state index in [4.69, 9.17) is 39.5 Å². The summed E-state index contributed by atoms with van der Waals surface area (Å²) in [7, 11) is 0. The van der Waals surface area contributed by atoms with E-state index in [0.29, 0.717) is 16.2 Å². The smallest absolute Gasteiger partial charge is 0.334 e. The molecule has 1 fully saturated rings. The van der Waals surface area contributed by atoms with Crippen LogP contribution in [0.1, 0.15) is 36.2 Å². The van der Waals surface area contributed by atoms with Crippen molar-refractivity contribution in [2.75, 3.05) is 6.54 Å². The van der Waals surface area contributed by atoms with Gasteiger partial charge in [0.25, 0.3) is 5.91 Å². The minimum Gasteiger partial charge on any atom is -0.424 e. The monoisotopic (exact) mass is 557 g/mol. The van der Waals surface area contributed by atoms with Crippen LogP contribution in [0.2, 0.25) is 15.1 Å². The van der Waals surface area contributed by atoms with E-state index in [1.54, 1.807) is 60.0 Å². The molecule has 190 valence electrons. The van der Waals surface area contributed by atoms with Gasteiger partial charge >= 0.3 is 11.7 Å². The Balaban J connectivity index is 1.40. The summed E-state index contributed by atoms with van der Waals surface area (Å²) in [6.45, 7) is 1.62. The first kappa shape index (κ1) is 25.4. The second-order valence-electron chi connectivity index (χ2n) is 8.92. The number of esters is 1. The predicted molar refractivity (Wildman–Crippen MR) is 144 cm³/mol. The summed E-state index contributed by atoms with van der Waals surface area (Å²) in [5.41, 5.74) is 1.58. The highest BCUT2D eigenvalue weighted by atomic mass is 35.5. The Kier molecular flexibility index (Phi) is 7.03. The molecule has 0 unspecified atom stereocenters. The van der Waals surface area contributed by atoms with Crippen molar-refractivity contribution in [3.05, 3.63) is 91.8 Å². The van der Waals surface area contributed by atoms with Gasteiger partial charge in [0.1, 0.15) is 0 Å². The topological polar surface area (TPSA) is 82.3 Å². The molecular weight excluding hydrogens is 537 g/mol. The van der Waals surface area contributed by atoms with Crippen molar-refractivity contribution in [3.8, 4) is 11.4 Å². The number of aromatic nitrogens is 2. The van der Waals surface area contributed by atoms with Crippen LogP contribution in [0.3, 0.4) is 0 Å². The first-order valence-corrected chi connectivity index (χ1v) is 12.9. The Bertz CT molecular complexity index is 1570. The summed E-state index contributed by atoms with van der Waals surface area (Å²) < 4.78 is 8.96. The number of carbonyl (C=O) groups excluding carboxylic acids is 2. The quantitative estimate of drug-likeness (QED) is 0.221. The molecule has 0 bridgehead atoms. The molecule has 1 atom stereocenters. The molecule has 37 heavy (non-hydrogen) atoms. The normalized spacial score (nSPS) is 13.9. The number of halogens is 3. The number of hydrogen-bond acceptors (Lipinski definition) is 4. The van der Waals surface area contributed by atoms with Crippen molar-refractivity contribution in [2.45, 2.75) is 25.8 Å². The lowest BCUT2D eigenvalue weighted by Gasteiger charge is -2.15. The van der Waals surface area contributed by atoms with Gasteiger partial charge in [-0.1, -0.05) is 66.0 Å². The zero-order valence-corrected chi connectivity index (χ0v) is 22.0. The number of nitrogens with zero attached hydrogens (tertiary/aromatic N) is 2. The number of ether oxygens (including phenoxy) is 1. The van der Waals surface area contributed by atoms with Gasteiger partial charge < -0.3 is 10.1 Å². The number of nitrogens with one attached hydrogen (secondary N) is 1. The number of benzene rings is 3. The van der Waals surface area contributed by atoms with Gasteiger partial charge in [0.15, 0.2) is 5.75 Å². The molecule has 1 aromatic heterocycles. The fourth-order valence-corrected chi connectivity index (χ4v) is 5.03. The third-order valence-electron chi connectivity index (χ3n) is 6.24. The molecule has 4 aromatic rings. The van der Waals surface area contributed by atoms with Gasteiger partial charge in [0.05, 0.1) is 43.3 Å². The molecule has 1 saturated carbocycles. The average Bonchev–Trinajstić information content (AvgIpc) is 3.65. The number of imidazole rings is 1. The van der Waals surface area contributed by atoms with Gasteiger partial charge in [-0.15, -0.1) is 0 Å². The van der Waals surface area contributed by atoms with Crippen molar-refractivity contribution in [3.63, 3.8) is 0 Å². The van der Waals surface area contributed by atoms with Crippen molar-refractivity contribution < 1.29 is 14.3 Å². The zero-order valence-electron chi connectivity index (χ0n) is 19.7. The van der Waals surface area contributed by atoms with Crippen molar-refractivity contribution >= 4 is 57.7 Å². The van der Waals surface area contributed by atoms with E-state index in [-0.39, 0.29) is 39.6 Å². The lowest BCUT2D eigenvalue weighted by molar-refractivity contribution is -0.138. The molecule has 1 amide bonds. The van der Waals surface area contributed by atoms with Crippen molar-refractivity contribution in [2.24, 2.45) is 5.92 Å². The molecule has 3 aromatic carbocycles. The average molecular weight is 559 g/mol. The Morgan fingerprint density at radius 2 is 1.62 bits per heavy atom. The molecule has 0 saturated heterocycles. The van der Waals surface area contributed by atoms with E-state index in [0.717, 1.165) is 18.4 Å². The van der Waals surface area contributed by atoms with E-state index in [9.17, 15) is 14.4 Å². The van der Waals surface area contributed by atoms with Gasteiger partial charge in [-0.25, -0.2) is 4.79 Å². The SMILES string of the molecule is C[C@@H](CNC(=O)c1c(Cl)cccc1Cl)C(=O)Oc1ccccc1-n1c(=O)n(C2CC2)c2cccc(Cl)c21. The summed E-state index contributed by atoms with van der Waals surface area (Å²) in [6, 6.07) is 17.1. The molecule has 1 N–H and O–H groups in total. The number of rotatable bonds is 7. The molecule has 0 radical (unpaired) electrons. The van der Waals surface area contributed by atoms with E-state index in [1.165, 1.54) is 4.57 Å². The number of fused-ring (bicyclic) bond motifs is 1. The maximum Gasteiger partial charge on any atom is 0.334 e. The summed E-state index contributed by atoms with van der Waals surface area (Å²) in [5, 5.41) is 3.52. The Hall–Kier alpha value is -3.26. The van der Waals surface area contributed by atoms with Crippen LogP contribution in [0.25, 0.3) is 16.7 Å². The third-order valence-corrected chi connectivity index (χ3v) is 7.17. The van der Waals surface area contributed by atoms with Gasteiger partial charge in [-0.2, -0.15) is 0 Å². The summed E-state index contributed by atoms with van der Waals surface area (Å²) in [4.78, 5) is 39.1. The highest BCUT2D eigenvalue weighted by molar-refractivity contribution is 6.39. The number of carbonyl (C=O) groups is 2. The fourth-order valence-electron chi connectivity index (χ4n) is 4.20. The first-order chi connectivity index (χ1) is 17.8. The minimum atomic E-state index is -0.702. The first-order valence-electron chi connectivity index (χ1n) is 11.7. The van der Waals surface area contributed by atoms with Crippen LogP contribution < -0.4 is 15.7 Å². The highest BCUT2D eigenvalue weighted by Crippen LogP contribution is 2.38. The summed E-state index contributed by atoms with van der Waals surface area (Å²) in [6.07, 6.45) is 1.84. The van der Waals surface area contributed by atoms with E-state index >= 15 is 0 Å². The lowest BCUT2D eigenvalue weighted by atomic mass is 10.1. The molecule has 0 aliphatic heterocycles. The van der Waals surface area contributed by atoms with Crippen molar-refractivity contribution in [1.29, 1.82) is 0 Å². The Morgan fingerprint density at radius 3 is 2.32 bits per heavy atom. The molecule has 1 aliphatic rings. The van der Waals surface area contributed by atoms with Crippen LogP contribution >= 0.6 is 34.8 Å². The minimum absolute atomic E-state index is 0.00580.